The summed E-state index contributed by atoms with van der Waals surface area (Å²) in [7, 11) is 0. The van der Waals surface area contributed by atoms with E-state index < -0.39 is 0 Å². The second kappa shape index (κ2) is 3.39. The van der Waals surface area contributed by atoms with E-state index >= 15 is 0 Å². The number of H-pyrrole nitrogens is 1. The van der Waals surface area contributed by atoms with Crippen molar-refractivity contribution in [2.45, 2.75) is 31.7 Å². The Bertz CT molecular complexity index is 289. The molecule has 76 valence electrons. The molecule has 0 unspecified atom stereocenters. The lowest BCUT2D eigenvalue weighted by Crippen LogP contribution is -2.25. The van der Waals surface area contributed by atoms with Gasteiger partial charge in [-0.2, -0.15) is 5.10 Å². The van der Waals surface area contributed by atoms with Gasteiger partial charge in [-0.25, -0.2) is 0 Å². The largest absolute Gasteiger partial charge is 0.295 e. The van der Waals surface area contributed by atoms with Crippen molar-refractivity contribution in [3.05, 3.63) is 18.0 Å². The molecule has 3 heteroatoms. The second-order valence-corrected chi connectivity index (χ2v) is 4.61. The molecule has 0 bridgehead atoms. The Labute approximate surface area is 84.5 Å². The van der Waals surface area contributed by atoms with Crippen LogP contribution in [-0.4, -0.2) is 28.2 Å². The van der Waals surface area contributed by atoms with Gasteiger partial charge in [0, 0.05) is 12.7 Å². The van der Waals surface area contributed by atoms with Crippen LogP contribution in [0.25, 0.3) is 0 Å². The fourth-order valence-electron chi connectivity index (χ4n) is 2.48. The van der Waals surface area contributed by atoms with E-state index in [1.165, 1.54) is 44.5 Å². The van der Waals surface area contributed by atoms with Crippen molar-refractivity contribution in [3.63, 3.8) is 0 Å². The summed E-state index contributed by atoms with van der Waals surface area (Å²) in [5.41, 5.74) is 1.31. The Morgan fingerprint density at radius 1 is 1.43 bits per heavy atom. The normalized spacial score (nSPS) is 28.4. The molecule has 1 N–H and O–H groups in total. The van der Waals surface area contributed by atoms with Gasteiger partial charge in [-0.1, -0.05) is 0 Å². The molecular formula is C11H17N3. The molecule has 2 fully saturated rings. The van der Waals surface area contributed by atoms with Crippen LogP contribution >= 0.6 is 0 Å². The van der Waals surface area contributed by atoms with Crippen LogP contribution in [-0.2, 0) is 0 Å². The molecule has 1 saturated heterocycles. The molecule has 3 nitrogen and oxygen atoms in total. The number of hydrogen-bond donors (Lipinski definition) is 1. The zero-order chi connectivity index (χ0) is 9.38. The summed E-state index contributed by atoms with van der Waals surface area (Å²) < 4.78 is 0. The summed E-state index contributed by atoms with van der Waals surface area (Å²) in [6.45, 7) is 2.59. The van der Waals surface area contributed by atoms with Gasteiger partial charge < -0.3 is 0 Å². The number of hydrogen-bond acceptors (Lipinski definition) is 2. The summed E-state index contributed by atoms with van der Waals surface area (Å²) >= 11 is 0. The minimum absolute atomic E-state index is 0.623. The molecule has 2 heterocycles. The quantitative estimate of drug-likeness (QED) is 0.792. The molecule has 1 aromatic rings. The maximum atomic E-state index is 4.04. The van der Waals surface area contributed by atoms with Crippen molar-refractivity contribution < 1.29 is 0 Å². The summed E-state index contributed by atoms with van der Waals surface area (Å²) in [4.78, 5) is 2.63. The van der Waals surface area contributed by atoms with E-state index in [0.717, 1.165) is 5.92 Å². The monoisotopic (exact) mass is 191 g/mol. The third-order valence-corrected chi connectivity index (χ3v) is 3.43. The van der Waals surface area contributed by atoms with Gasteiger partial charge in [0.2, 0.25) is 0 Å². The van der Waals surface area contributed by atoms with Gasteiger partial charge in [0.15, 0.2) is 0 Å². The lowest BCUT2D eigenvalue weighted by atomic mass is 10.1. The molecule has 2 aliphatic rings. The van der Waals surface area contributed by atoms with Crippen LogP contribution < -0.4 is 0 Å². The van der Waals surface area contributed by atoms with Gasteiger partial charge in [-0.05, 0) is 44.2 Å². The SMILES string of the molecule is c1cc([C@@H]2CCCN2CC2CC2)[nH]n1. The van der Waals surface area contributed by atoms with Crippen LogP contribution in [0.5, 0.6) is 0 Å². The smallest absolute Gasteiger partial charge is 0.0523 e. The van der Waals surface area contributed by atoms with Crippen LogP contribution in [0.15, 0.2) is 12.3 Å². The summed E-state index contributed by atoms with van der Waals surface area (Å²) in [6.07, 6.45) is 7.41. The fourth-order valence-corrected chi connectivity index (χ4v) is 2.48. The number of nitrogens with zero attached hydrogens (tertiary/aromatic N) is 2. The highest BCUT2D eigenvalue weighted by molar-refractivity contribution is 5.07. The van der Waals surface area contributed by atoms with Gasteiger partial charge in [0.05, 0.1) is 11.7 Å². The minimum Gasteiger partial charge on any atom is -0.295 e. The van der Waals surface area contributed by atoms with E-state index in [2.05, 4.69) is 21.2 Å². The van der Waals surface area contributed by atoms with Crippen molar-refractivity contribution in [2.24, 2.45) is 5.92 Å². The molecule has 1 aliphatic heterocycles. The van der Waals surface area contributed by atoms with E-state index in [1.54, 1.807) is 0 Å². The van der Waals surface area contributed by atoms with Gasteiger partial charge in [0.25, 0.3) is 0 Å². The first kappa shape index (κ1) is 8.48. The first-order chi connectivity index (χ1) is 6.93. The maximum Gasteiger partial charge on any atom is 0.0523 e. The van der Waals surface area contributed by atoms with E-state index in [-0.39, 0.29) is 0 Å². The third kappa shape index (κ3) is 1.57. The van der Waals surface area contributed by atoms with Crippen LogP contribution in [0.1, 0.15) is 37.4 Å². The predicted molar refractivity (Wildman–Crippen MR) is 54.9 cm³/mol. The van der Waals surface area contributed by atoms with E-state index in [1.807, 2.05) is 6.20 Å². The summed E-state index contributed by atoms with van der Waals surface area (Å²) in [5, 5.41) is 7.16. The average molecular weight is 191 g/mol. The van der Waals surface area contributed by atoms with Gasteiger partial charge in [-0.3, -0.25) is 10.00 Å². The average Bonchev–Trinajstić information content (AvgIpc) is 2.68. The number of rotatable bonds is 3. The van der Waals surface area contributed by atoms with Crippen molar-refractivity contribution in [1.82, 2.24) is 15.1 Å². The zero-order valence-corrected chi connectivity index (χ0v) is 8.45. The number of likely N-dealkylation sites (tertiary alicyclic amines) is 1. The Morgan fingerprint density at radius 3 is 3.07 bits per heavy atom. The summed E-state index contributed by atoms with van der Waals surface area (Å²) in [6, 6.07) is 2.74. The Hall–Kier alpha value is -0.830. The third-order valence-electron chi connectivity index (χ3n) is 3.43. The second-order valence-electron chi connectivity index (χ2n) is 4.61. The van der Waals surface area contributed by atoms with Crippen LogP contribution in [0, 0.1) is 5.92 Å². The number of nitrogens with one attached hydrogen (secondary N) is 1. The highest BCUT2D eigenvalue weighted by Crippen LogP contribution is 2.36. The minimum atomic E-state index is 0.623. The summed E-state index contributed by atoms with van der Waals surface area (Å²) in [5.74, 6) is 0.999. The van der Waals surface area contributed by atoms with Crippen molar-refractivity contribution >= 4 is 0 Å². The van der Waals surface area contributed by atoms with E-state index in [0.29, 0.717) is 6.04 Å². The fraction of sp³-hybridized carbons (Fsp3) is 0.727. The molecule has 1 aromatic heterocycles. The van der Waals surface area contributed by atoms with E-state index in [4.69, 9.17) is 0 Å². The Balaban J connectivity index is 1.71. The number of aromatic nitrogens is 2. The van der Waals surface area contributed by atoms with Crippen molar-refractivity contribution in [1.29, 1.82) is 0 Å². The van der Waals surface area contributed by atoms with Gasteiger partial charge >= 0.3 is 0 Å². The molecule has 1 aliphatic carbocycles. The first-order valence-electron chi connectivity index (χ1n) is 5.67. The lowest BCUT2D eigenvalue weighted by molar-refractivity contribution is 0.243. The van der Waals surface area contributed by atoms with Crippen LogP contribution in [0.2, 0.25) is 0 Å². The molecule has 14 heavy (non-hydrogen) atoms. The highest BCUT2D eigenvalue weighted by atomic mass is 15.2. The van der Waals surface area contributed by atoms with Gasteiger partial charge in [-0.15, -0.1) is 0 Å². The molecule has 1 saturated carbocycles. The molecule has 0 spiro atoms. The van der Waals surface area contributed by atoms with E-state index in [9.17, 15) is 0 Å². The molecular weight excluding hydrogens is 174 g/mol. The first-order valence-corrected chi connectivity index (χ1v) is 5.67. The van der Waals surface area contributed by atoms with Crippen LogP contribution in [0.3, 0.4) is 0 Å². The molecule has 0 amide bonds. The Kier molecular flexibility index (Phi) is 2.05. The lowest BCUT2D eigenvalue weighted by Gasteiger charge is -2.22. The van der Waals surface area contributed by atoms with Crippen molar-refractivity contribution in [3.8, 4) is 0 Å². The Morgan fingerprint density at radius 2 is 2.36 bits per heavy atom. The number of aromatic amines is 1. The highest BCUT2D eigenvalue weighted by Gasteiger charge is 2.32. The zero-order valence-electron chi connectivity index (χ0n) is 8.45. The maximum absolute atomic E-state index is 4.04. The molecule has 0 aromatic carbocycles. The predicted octanol–water partition coefficient (Wildman–Crippen LogP) is 1.96. The molecule has 1 atom stereocenters. The van der Waals surface area contributed by atoms with Crippen molar-refractivity contribution in [2.75, 3.05) is 13.1 Å². The topological polar surface area (TPSA) is 31.9 Å². The van der Waals surface area contributed by atoms with Crippen LogP contribution in [0.4, 0.5) is 0 Å². The molecule has 3 rings (SSSR count). The molecule has 0 radical (unpaired) electrons. The van der Waals surface area contributed by atoms with Gasteiger partial charge in [0.1, 0.15) is 0 Å². The standard InChI is InChI=1S/C11H17N3/c1-2-11(10-5-6-12-13-10)14(7-1)8-9-3-4-9/h5-6,9,11H,1-4,7-8H2,(H,12,13)/t11-/m0/s1.